The van der Waals surface area contributed by atoms with Gasteiger partial charge in [-0.15, -0.1) is 0 Å². The van der Waals surface area contributed by atoms with Gasteiger partial charge in [0.1, 0.15) is 11.4 Å². The minimum Gasteiger partial charge on any atom is -0.480 e. The molecule has 32 heavy (non-hydrogen) atoms. The number of hydrogen-bond donors (Lipinski definition) is 1. The third-order valence-electron chi connectivity index (χ3n) is 5.25. The first-order chi connectivity index (χ1) is 15.2. The maximum Gasteiger partial charge on any atom is 0.416 e. The lowest BCUT2D eigenvalue weighted by Crippen LogP contribution is -2.43. The largest absolute Gasteiger partial charge is 0.480 e. The molecular weight excluding hydrogens is 425 g/mol. The van der Waals surface area contributed by atoms with Crippen molar-refractivity contribution >= 4 is 23.2 Å². The molecule has 0 bridgehead atoms. The minimum atomic E-state index is -4.47. The van der Waals surface area contributed by atoms with Gasteiger partial charge in [-0.2, -0.15) is 13.2 Å². The lowest BCUT2D eigenvalue weighted by Gasteiger charge is -2.33. The number of anilines is 2. The van der Waals surface area contributed by atoms with Crippen LogP contribution in [-0.2, 0) is 6.18 Å². The highest BCUT2D eigenvalue weighted by atomic mass is 19.4. The first-order valence-electron chi connectivity index (χ1n) is 9.71. The number of rotatable bonds is 4. The summed E-state index contributed by atoms with van der Waals surface area (Å²) in [7, 11) is 1.42. The average Bonchev–Trinajstić information content (AvgIpc) is 3.22. The highest BCUT2D eigenvalue weighted by molar-refractivity contribution is 6.16. The van der Waals surface area contributed by atoms with Gasteiger partial charge in [0.05, 0.1) is 18.2 Å². The number of amides is 2. The number of hydrogen-bond acceptors (Lipinski definition) is 4. The van der Waals surface area contributed by atoms with E-state index in [0.29, 0.717) is 11.4 Å². The maximum atomic E-state index is 13.3. The molecular formula is C22H19F3N4O3. The molecule has 0 saturated heterocycles. The Morgan fingerprint density at radius 3 is 2.56 bits per heavy atom. The van der Waals surface area contributed by atoms with Crippen LogP contribution in [0.1, 0.15) is 39.4 Å². The number of alkyl halides is 3. The Kier molecular flexibility index (Phi) is 5.37. The number of nitrogens with one attached hydrogen (secondary N) is 1. The second kappa shape index (κ2) is 8.03. The van der Waals surface area contributed by atoms with Crippen molar-refractivity contribution in [2.75, 3.05) is 23.9 Å². The third kappa shape index (κ3) is 3.79. The quantitative estimate of drug-likeness (QED) is 0.648. The highest BCUT2D eigenvalue weighted by Gasteiger charge is 2.35. The van der Waals surface area contributed by atoms with Crippen LogP contribution < -0.4 is 15.0 Å². The van der Waals surface area contributed by atoms with Crippen molar-refractivity contribution in [3.63, 3.8) is 0 Å². The number of fused-ring (bicyclic) bond motifs is 1. The summed E-state index contributed by atoms with van der Waals surface area (Å²) in [6, 6.07) is 8.97. The Bertz CT molecular complexity index is 1170. The van der Waals surface area contributed by atoms with Gasteiger partial charge in [0.2, 0.25) is 5.88 Å². The molecule has 0 unspecified atom stereocenters. The summed E-state index contributed by atoms with van der Waals surface area (Å²) < 4.78 is 45.5. The number of pyridine rings is 1. The fourth-order valence-electron chi connectivity index (χ4n) is 3.68. The number of aromatic nitrogens is 2. The molecule has 10 heteroatoms. The molecule has 1 aliphatic rings. The lowest BCUT2D eigenvalue weighted by molar-refractivity contribution is -0.137. The van der Waals surface area contributed by atoms with Gasteiger partial charge in [0, 0.05) is 30.7 Å². The summed E-state index contributed by atoms with van der Waals surface area (Å²) in [5.74, 6) is -0.781. The minimum absolute atomic E-state index is 0.143. The molecule has 0 fully saturated rings. The van der Waals surface area contributed by atoms with E-state index in [9.17, 15) is 22.8 Å². The number of carbonyl (C=O) groups excluding carboxylic acids is 2. The van der Waals surface area contributed by atoms with Crippen molar-refractivity contribution in [3.05, 3.63) is 71.7 Å². The summed E-state index contributed by atoms with van der Waals surface area (Å²) in [5.41, 5.74) is 0.166. The lowest BCUT2D eigenvalue weighted by atomic mass is 10.1. The van der Waals surface area contributed by atoms with Crippen molar-refractivity contribution in [3.8, 4) is 5.88 Å². The zero-order chi connectivity index (χ0) is 23.0. The number of halogens is 3. The number of nitrogens with zero attached hydrogens (tertiary/aromatic N) is 3. The number of carbonyl (C=O) groups is 2. The molecule has 0 saturated carbocycles. The van der Waals surface area contributed by atoms with Gasteiger partial charge >= 0.3 is 6.18 Å². The van der Waals surface area contributed by atoms with Crippen molar-refractivity contribution < 1.29 is 27.5 Å². The maximum absolute atomic E-state index is 13.3. The summed E-state index contributed by atoms with van der Waals surface area (Å²) in [4.78, 5) is 31.6. The van der Waals surface area contributed by atoms with Crippen LogP contribution in [0.5, 0.6) is 5.88 Å². The SMILES string of the molecule is COc1ncccc1NC(=O)c1ccn2c1C(=O)N(c1ccc(C(F)(F)F)cc1)C[C@@H]2C. The molecule has 7 nitrogen and oxygen atoms in total. The fraction of sp³-hybridized carbons (Fsp3) is 0.227. The topological polar surface area (TPSA) is 76.5 Å². The highest BCUT2D eigenvalue weighted by Crippen LogP contribution is 2.33. The molecule has 0 aliphatic carbocycles. The molecule has 166 valence electrons. The average molecular weight is 444 g/mol. The molecule has 3 aromatic rings. The zero-order valence-electron chi connectivity index (χ0n) is 17.2. The van der Waals surface area contributed by atoms with Crippen LogP contribution in [0.4, 0.5) is 24.5 Å². The zero-order valence-corrected chi connectivity index (χ0v) is 17.2. The van der Waals surface area contributed by atoms with Crippen molar-refractivity contribution in [2.24, 2.45) is 0 Å². The molecule has 4 rings (SSSR count). The molecule has 0 spiro atoms. The predicted molar refractivity (Wildman–Crippen MR) is 111 cm³/mol. The number of methoxy groups -OCH3 is 1. The van der Waals surface area contributed by atoms with Crippen LogP contribution >= 0.6 is 0 Å². The van der Waals surface area contributed by atoms with Crippen LogP contribution in [0.15, 0.2) is 54.9 Å². The van der Waals surface area contributed by atoms with Crippen LogP contribution in [0.2, 0.25) is 0 Å². The van der Waals surface area contributed by atoms with Crippen molar-refractivity contribution in [1.29, 1.82) is 0 Å². The van der Waals surface area contributed by atoms with E-state index < -0.39 is 23.6 Å². The molecule has 3 heterocycles. The Morgan fingerprint density at radius 1 is 1.19 bits per heavy atom. The Balaban J connectivity index is 1.65. The molecule has 2 aromatic heterocycles. The molecule has 1 aromatic carbocycles. The summed E-state index contributed by atoms with van der Waals surface area (Å²) in [6.07, 6.45) is -1.30. The second-order valence-electron chi connectivity index (χ2n) is 7.31. The van der Waals surface area contributed by atoms with Crippen LogP contribution in [-0.4, -0.2) is 35.0 Å². The predicted octanol–water partition coefficient (Wildman–Crippen LogP) is 4.38. The van der Waals surface area contributed by atoms with E-state index in [4.69, 9.17) is 4.74 Å². The van der Waals surface area contributed by atoms with E-state index in [0.717, 1.165) is 12.1 Å². The Labute approximate surface area is 181 Å². The van der Waals surface area contributed by atoms with Gasteiger partial charge in [-0.05, 0) is 49.4 Å². The number of ether oxygens (including phenoxy) is 1. The van der Waals surface area contributed by atoms with Gasteiger partial charge in [-0.25, -0.2) is 4.98 Å². The van der Waals surface area contributed by atoms with Crippen LogP contribution in [0.25, 0.3) is 0 Å². The monoisotopic (exact) mass is 444 g/mol. The van der Waals surface area contributed by atoms with Gasteiger partial charge in [0.15, 0.2) is 0 Å². The van der Waals surface area contributed by atoms with E-state index in [1.807, 2.05) is 6.92 Å². The van der Waals surface area contributed by atoms with E-state index in [1.165, 1.54) is 36.4 Å². The van der Waals surface area contributed by atoms with Crippen LogP contribution in [0, 0.1) is 0 Å². The molecule has 1 N–H and O–H groups in total. The Morgan fingerprint density at radius 2 is 1.91 bits per heavy atom. The molecule has 1 atom stereocenters. The smallest absolute Gasteiger partial charge is 0.416 e. The van der Waals surface area contributed by atoms with Gasteiger partial charge < -0.3 is 19.5 Å². The van der Waals surface area contributed by atoms with Gasteiger partial charge in [-0.1, -0.05) is 0 Å². The molecule has 1 aliphatic heterocycles. The van der Waals surface area contributed by atoms with E-state index in [2.05, 4.69) is 10.3 Å². The fourth-order valence-corrected chi connectivity index (χ4v) is 3.68. The normalized spacial score (nSPS) is 16.0. The molecule has 2 amide bonds. The van der Waals surface area contributed by atoms with Crippen molar-refractivity contribution in [1.82, 2.24) is 9.55 Å². The summed E-state index contributed by atoms with van der Waals surface area (Å²) in [5, 5.41) is 2.69. The first-order valence-corrected chi connectivity index (χ1v) is 9.71. The van der Waals surface area contributed by atoms with Crippen molar-refractivity contribution in [2.45, 2.75) is 19.1 Å². The summed E-state index contributed by atoms with van der Waals surface area (Å²) in [6.45, 7) is 2.11. The molecule has 0 radical (unpaired) electrons. The van der Waals surface area contributed by atoms with Gasteiger partial charge in [-0.3, -0.25) is 9.59 Å². The number of benzene rings is 1. The van der Waals surface area contributed by atoms with E-state index in [1.54, 1.807) is 22.9 Å². The van der Waals surface area contributed by atoms with E-state index in [-0.39, 0.29) is 29.7 Å². The first kappa shape index (κ1) is 21.4. The second-order valence-corrected chi connectivity index (χ2v) is 7.31. The van der Waals surface area contributed by atoms with E-state index >= 15 is 0 Å². The van der Waals surface area contributed by atoms with Crippen LogP contribution in [0.3, 0.4) is 0 Å². The van der Waals surface area contributed by atoms with Gasteiger partial charge in [0.25, 0.3) is 11.8 Å². The standard InChI is InChI=1S/C22H19F3N4O3/c1-13-12-29(15-7-5-14(6-8-15)22(23,24)25)21(31)18-16(9-11-28(13)18)19(30)27-17-4-3-10-26-20(17)32-2/h3-11,13H,12H2,1-2H3,(H,27,30)/t13-/m0/s1. The Hall–Kier alpha value is -3.82. The summed E-state index contributed by atoms with van der Waals surface area (Å²) >= 11 is 0. The third-order valence-corrected chi connectivity index (χ3v) is 5.25.